The molecule has 184 valence electrons. The number of hydrogen-bond donors (Lipinski definition) is 1. The summed E-state index contributed by atoms with van der Waals surface area (Å²) in [5, 5.41) is 3.98. The van der Waals surface area contributed by atoms with Crippen LogP contribution in [0.1, 0.15) is 30.9 Å². The largest absolute Gasteiger partial charge is 0.493 e. The lowest BCUT2D eigenvalue weighted by molar-refractivity contribution is -0.111. The number of amides is 1. The summed E-state index contributed by atoms with van der Waals surface area (Å²) in [7, 11) is 4.67. The van der Waals surface area contributed by atoms with Crippen LogP contribution in [-0.2, 0) is 4.79 Å². The predicted octanol–water partition coefficient (Wildman–Crippen LogP) is 5.46. The molecule has 1 amide bonds. The number of benzene rings is 2. The minimum absolute atomic E-state index is 0.234. The molecule has 1 saturated heterocycles. The molecule has 1 fully saturated rings. The molecule has 2 heterocycles. The number of hydrogen-bond acceptors (Lipinski definition) is 6. The van der Waals surface area contributed by atoms with Crippen LogP contribution in [0.25, 0.3) is 17.0 Å². The monoisotopic (exact) mass is 475 g/mol. The quantitative estimate of drug-likeness (QED) is 0.458. The predicted molar refractivity (Wildman–Crippen MR) is 141 cm³/mol. The molecule has 0 radical (unpaired) electrons. The van der Waals surface area contributed by atoms with Crippen LogP contribution in [0.2, 0.25) is 0 Å². The van der Waals surface area contributed by atoms with Crippen molar-refractivity contribution >= 4 is 34.4 Å². The average Bonchev–Trinajstić information content (AvgIpc) is 2.87. The van der Waals surface area contributed by atoms with Crippen molar-refractivity contribution in [1.29, 1.82) is 0 Å². The van der Waals surface area contributed by atoms with Gasteiger partial charge in [-0.05, 0) is 79.3 Å². The third-order valence-electron chi connectivity index (χ3n) is 6.49. The lowest BCUT2D eigenvalue weighted by atomic mass is 9.99. The molecule has 0 spiro atoms. The number of methoxy groups -OCH3 is 3. The van der Waals surface area contributed by atoms with Gasteiger partial charge < -0.3 is 24.4 Å². The first-order valence-corrected chi connectivity index (χ1v) is 11.9. The molecule has 1 aliphatic heterocycles. The van der Waals surface area contributed by atoms with Crippen molar-refractivity contribution in [1.82, 2.24) is 4.98 Å². The maximum Gasteiger partial charge on any atom is 0.248 e. The summed E-state index contributed by atoms with van der Waals surface area (Å²) in [5.74, 6) is 3.15. The van der Waals surface area contributed by atoms with Crippen molar-refractivity contribution in [3.8, 4) is 17.2 Å². The normalized spacial score (nSPS) is 14.4. The molecule has 0 unspecified atom stereocenters. The summed E-state index contributed by atoms with van der Waals surface area (Å²) in [6.07, 6.45) is 5.59. The molecular weight excluding hydrogens is 442 g/mol. The highest BCUT2D eigenvalue weighted by Crippen LogP contribution is 2.38. The van der Waals surface area contributed by atoms with Crippen molar-refractivity contribution in [2.24, 2.45) is 5.92 Å². The first-order valence-electron chi connectivity index (χ1n) is 11.9. The Kier molecular flexibility index (Phi) is 7.44. The van der Waals surface area contributed by atoms with Gasteiger partial charge in [0.15, 0.2) is 11.5 Å². The zero-order valence-electron chi connectivity index (χ0n) is 21.1. The van der Waals surface area contributed by atoms with E-state index in [1.54, 1.807) is 39.5 Å². The van der Waals surface area contributed by atoms with Gasteiger partial charge in [-0.2, -0.15) is 0 Å². The number of piperidine rings is 1. The smallest absolute Gasteiger partial charge is 0.248 e. The first-order chi connectivity index (χ1) is 16.9. The number of ether oxygens (including phenoxy) is 3. The van der Waals surface area contributed by atoms with Crippen molar-refractivity contribution < 1.29 is 19.0 Å². The van der Waals surface area contributed by atoms with Crippen molar-refractivity contribution in [2.75, 3.05) is 44.6 Å². The van der Waals surface area contributed by atoms with E-state index in [9.17, 15) is 4.79 Å². The van der Waals surface area contributed by atoms with E-state index >= 15 is 0 Å². The number of fused-ring (bicyclic) bond motifs is 1. The number of aromatic nitrogens is 1. The second-order valence-electron chi connectivity index (χ2n) is 8.98. The van der Waals surface area contributed by atoms with Crippen LogP contribution in [0, 0.1) is 12.8 Å². The van der Waals surface area contributed by atoms with Gasteiger partial charge in [0, 0.05) is 30.2 Å². The van der Waals surface area contributed by atoms with E-state index in [4.69, 9.17) is 19.2 Å². The van der Waals surface area contributed by atoms with Crippen LogP contribution in [0.15, 0.2) is 42.5 Å². The van der Waals surface area contributed by atoms with Gasteiger partial charge in [0.1, 0.15) is 5.82 Å². The van der Waals surface area contributed by atoms with Gasteiger partial charge in [-0.3, -0.25) is 4.79 Å². The highest BCUT2D eigenvalue weighted by atomic mass is 16.5. The molecule has 0 bridgehead atoms. The van der Waals surface area contributed by atoms with Crippen molar-refractivity contribution in [2.45, 2.75) is 26.7 Å². The standard InChI is InChI=1S/C28H33N3O4/c1-18-10-12-31(13-11-18)26-14-19(2)22-17-21(7-8-23(22)30-26)29-27(32)9-6-20-15-24(33-3)28(35-5)25(16-20)34-4/h6-9,14-18H,10-13H2,1-5H3,(H,29,32). The molecule has 2 aromatic carbocycles. The number of nitrogens with one attached hydrogen (secondary N) is 1. The molecule has 7 heteroatoms. The highest BCUT2D eigenvalue weighted by molar-refractivity contribution is 6.03. The van der Waals surface area contributed by atoms with Gasteiger partial charge in [0.25, 0.3) is 0 Å². The third-order valence-corrected chi connectivity index (χ3v) is 6.49. The van der Waals surface area contributed by atoms with E-state index in [2.05, 4.69) is 30.1 Å². The Bertz CT molecular complexity index is 1220. The summed E-state index contributed by atoms with van der Waals surface area (Å²) < 4.78 is 16.1. The maximum absolute atomic E-state index is 12.6. The van der Waals surface area contributed by atoms with Crippen molar-refractivity contribution in [3.05, 3.63) is 53.6 Å². The van der Waals surface area contributed by atoms with Gasteiger partial charge in [0.05, 0.1) is 26.8 Å². The Hall–Kier alpha value is -3.74. The fraction of sp³-hybridized carbons (Fsp3) is 0.357. The number of aryl methyl sites for hydroxylation is 1. The fourth-order valence-electron chi connectivity index (χ4n) is 4.41. The Labute approximate surface area is 206 Å². The Morgan fingerprint density at radius 1 is 1.03 bits per heavy atom. The van der Waals surface area contributed by atoms with Crippen LogP contribution >= 0.6 is 0 Å². The van der Waals surface area contributed by atoms with Crippen LogP contribution in [0.4, 0.5) is 11.5 Å². The number of carbonyl (C=O) groups is 1. The lowest BCUT2D eigenvalue weighted by Gasteiger charge is -2.31. The Balaban J connectivity index is 1.49. The summed E-state index contributed by atoms with van der Waals surface area (Å²) in [4.78, 5) is 19.9. The lowest BCUT2D eigenvalue weighted by Crippen LogP contribution is -2.33. The number of carbonyl (C=O) groups excluding carboxylic acids is 1. The van der Waals surface area contributed by atoms with E-state index in [-0.39, 0.29) is 5.91 Å². The van der Waals surface area contributed by atoms with Gasteiger partial charge in [-0.25, -0.2) is 4.98 Å². The van der Waals surface area contributed by atoms with Crippen molar-refractivity contribution in [3.63, 3.8) is 0 Å². The SMILES string of the molecule is COc1cc(C=CC(=O)Nc2ccc3nc(N4CCC(C)CC4)cc(C)c3c2)cc(OC)c1OC. The second-order valence-corrected chi connectivity index (χ2v) is 8.98. The Morgan fingerprint density at radius 2 is 1.71 bits per heavy atom. The zero-order valence-corrected chi connectivity index (χ0v) is 21.1. The molecule has 1 aromatic heterocycles. The maximum atomic E-state index is 12.6. The van der Waals surface area contributed by atoms with Crippen LogP contribution < -0.4 is 24.4 Å². The van der Waals surface area contributed by atoms with Crippen LogP contribution in [0.3, 0.4) is 0 Å². The molecule has 1 N–H and O–H groups in total. The van der Waals surface area contributed by atoms with Gasteiger partial charge in [-0.15, -0.1) is 0 Å². The summed E-state index contributed by atoms with van der Waals surface area (Å²) in [5.41, 5.74) is 3.56. The minimum atomic E-state index is -0.234. The van der Waals surface area contributed by atoms with Gasteiger partial charge >= 0.3 is 0 Å². The topological polar surface area (TPSA) is 72.9 Å². The number of anilines is 2. The zero-order chi connectivity index (χ0) is 24.9. The Morgan fingerprint density at radius 3 is 2.34 bits per heavy atom. The van der Waals surface area contributed by atoms with E-state index in [1.807, 2.05) is 18.2 Å². The fourth-order valence-corrected chi connectivity index (χ4v) is 4.41. The molecule has 4 rings (SSSR count). The number of rotatable bonds is 7. The molecular formula is C28H33N3O4. The van der Waals surface area contributed by atoms with Gasteiger partial charge in [0.2, 0.25) is 11.7 Å². The molecule has 0 aliphatic carbocycles. The second kappa shape index (κ2) is 10.7. The summed E-state index contributed by atoms with van der Waals surface area (Å²) in [6.45, 7) is 6.50. The average molecular weight is 476 g/mol. The van der Waals surface area contributed by atoms with E-state index in [1.165, 1.54) is 18.9 Å². The van der Waals surface area contributed by atoms with E-state index < -0.39 is 0 Å². The highest BCUT2D eigenvalue weighted by Gasteiger charge is 2.18. The summed E-state index contributed by atoms with van der Waals surface area (Å²) >= 11 is 0. The number of pyridine rings is 1. The molecule has 7 nitrogen and oxygen atoms in total. The molecule has 1 aliphatic rings. The summed E-state index contributed by atoms with van der Waals surface area (Å²) in [6, 6.07) is 11.6. The molecule has 0 saturated carbocycles. The van der Waals surface area contributed by atoms with Gasteiger partial charge in [-0.1, -0.05) is 6.92 Å². The molecule has 35 heavy (non-hydrogen) atoms. The molecule has 0 atom stereocenters. The minimum Gasteiger partial charge on any atom is -0.493 e. The van der Waals surface area contributed by atoms with E-state index in [0.717, 1.165) is 52.5 Å². The molecule has 3 aromatic rings. The number of nitrogens with zero attached hydrogens (tertiary/aromatic N) is 2. The van der Waals surface area contributed by atoms with Crippen LogP contribution in [-0.4, -0.2) is 45.3 Å². The van der Waals surface area contributed by atoms with Crippen LogP contribution in [0.5, 0.6) is 17.2 Å². The van der Waals surface area contributed by atoms with E-state index in [0.29, 0.717) is 17.2 Å². The third kappa shape index (κ3) is 5.50. The first kappa shape index (κ1) is 24.4.